The highest BCUT2D eigenvalue weighted by Crippen LogP contribution is 2.46. The molecule has 0 radical (unpaired) electrons. The molecule has 0 spiro atoms. The predicted molar refractivity (Wildman–Crippen MR) is 80.6 cm³/mol. The van der Waals surface area contributed by atoms with Crippen molar-refractivity contribution >= 4 is 6.03 Å². The maximum Gasteiger partial charge on any atom is 0.416 e. The molecule has 24 heavy (non-hydrogen) atoms. The van der Waals surface area contributed by atoms with Crippen molar-refractivity contribution in [1.82, 2.24) is 10.6 Å². The number of alkyl halides is 3. The average molecular weight is 340 g/mol. The van der Waals surface area contributed by atoms with E-state index < -0.39 is 11.7 Å². The van der Waals surface area contributed by atoms with Crippen LogP contribution < -0.4 is 10.6 Å². The van der Waals surface area contributed by atoms with Crippen molar-refractivity contribution in [2.45, 2.75) is 62.1 Å². The van der Waals surface area contributed by atoms with Crippen LogP contribution in [0.5, 0.6) is 0 Å². The third-order valence-corrected chi connectivity index (χ3v) is 5.20. The Morgan fingerprint density at radius 2 is 1.83 bits per heavy atom. The summed E-state index contributed by atoms with van der Waals surface area (Å²) in [5, 5.41) is 5.70. The van der Waals surface area contributed by atoms with Gasteiger partial charge in [0.2, 0.25) is 0 Å². The molecule has 3 aliphatic rings. The fourth-order valence-electron chi connectivity index (χ4n) is 3.94. The summed E-state index contributed by atoms with van der Waals surface area (Å²) in [5.41, 5.74) is -0.347. The number of carbonyl (C=O) groups excluding carboxylic acids is 1. The van der Waals surface area contributed by atoms with Crippen molar-refractivity contribution in [2.24, 2.45) is 0 Å². The number of rotatable bonds is 3. The zero-order valence-electron chi connectivity index (χ0n) is 13.0. The van der Waals surface area contributed by atoms with E-state index in [1.165, 1.54) is 12.1 Å². The highest BCUT2D eigenvalue weighted by atomic mass is 19.4. The lowest BCUT2D eigenvalue weighted by atomic mass is 9.96. The van der Waals surface area contributed by atoms with Crippen molar-refractivity contribution in [3.8, 4) is 0 Å². The fourth-order valence-corrected chi connectivity index (χ4v) is 3.94. The van der Waals surface area contributed by atoms with E-state index in [0.29, 0.717) is 6.42 Å². The number of ether oxygens (including phenoxy) is 1. The second-order valence-corrected chi connectivity index (χ2v) is 6.87. The third kappa shape index (κ3) is 2.97. The van der Waals surface area contributed by atoms with Gasteiger partial charge in [-0.2, -0.15) is 13.2 Å². The topological polar surface area (TPSA) is 50.4 Å². The van der Waals surface area contributed by atoms with Gasteiger partial charge in [-0.05, 0) is 37.3 Å². The van der Waals surface area contributed by atoms with Crippen LogP contribution in [0, 0.1) is 0 Å². The molecule has 2 N–H and O–H groups in total. The summed E-state index contributed by atoms with van der Waals surface area (Å²) < 4.78 is 44.9. The molecule has 2 aliphatic heterocycles. The Labute approximate surface area is 137 Å². The maximum atomic E-state index is 13.1. The predicted octanol–water partition coefficient (Wildman–Crippen LogP) is 3.18. The monoisotopic (exact) mass is 340 g/mol. The van der Waals surface area contributed by atoms with Gasteiger partial charge in [-0.1, -0.05) is 18.2 Å². The van der Waals surface area contributed by atoms with E-state index in [-0.39, 0.29) is 41.8 Å². The molecule has 130 valence electrons. The van der Waals surface area contributed by atoms with Gasteiger partial charge < -0.3 is 15.4 Å². The lowest BCUT2D eigenvalue weighted by molar-refractivity contribution is -0.138. The first-order valence-corrected chi connectivity index (χ1v) is 8.30. The van der Waals surface area contributed by atoms with Crippen LogP contribution in [0.4, 0.5) is 18.0 Å². The van der Waals surface area contributed by atoms with E-state index in [4.69, 9.17) is 4.74 Å². The standard InChI is InChI=1S/C17H19F3N2O2/c18-17(19,20)12-4-2-1-3-10(12)11-8-13(11)21-16(23)22-14-7-9-5-6-15(14)24-9/h1-4,9,11,13-15H,5-8H2,(H2,21,22,23). The van der Waals surface area contributed by atoms with E-state index in [1.807, 2.05) is 0 Å². The Hall–Kier alpha value is -1.76. The number of hydrogen-bond acceptors (Lipinski definition) is 2. The molecular formula is C17H19F3N2O2. The zero-order valence-corrected chi connectivity index (χ0v) is 13.0. The van der Waals surface area contributed by atoms with Gasteiger partial charge in [0.1, 0.15) is 0 Å². The largest absolute Gasteiger partial charge is 0.416 e. The molecular weight excluding hydrogens is 321 g/mol. The molecule has 2 bridgehead atoms. The summed E-state index contributed by atoms with van der Waals surface area (Å²) in [5.74, 6) is -0.273. The minimum absolute atomic E-state index is 0.0170. The molecule has 2 saturated heterocycles. The fraction of sp³-hybridized carbons (Fsp3) is 0.588. The van der Waals surface area contributed by atoms with Crippen LogP contribution in [0.15, 0.2) is 24.3 Å². The number of halogens is 3. The number of benzene rings is 1. The SMILES string of the molecule is O=C(NC1CC2CCC1O2)NC1CC1c1ccccc1C(F)(F)F. The molecule has 1 aromatic carbocycles. The Balaban J connectivity index is 1.35. The van der Waals surface area contributed by atoms with E-state index in [2.05, 4.69) is 10.6 Å². The van der Waals surface area contributed by atoms with Crippen molar-refractivity contribution < 1.29 is 22.7 Å². The quantitative estimate of drug-likeness (QED) is 0.888. The highest BCUT2D eigenvalue weighted by molar-refractivity contribution is 5.75. The van der Waals surface area contributed by atoms with Crippen molar-refractivity contribution in [3.63, 3.8) is 0 Å². The molecule has 7 heteroatoms. The van der Waals surface area contributed by atoms with Gasteiger partial charge in [0.05, 0.1) is 23.8 Å². The first-order chi connectivity index (χ1) is 11.4. The van der Waals surface area contributed by atoms with E-state index in [9.17, 15) is 18.0 Å². The van der Waals surface area contributed by atoms with E-state index in [1.54, 1.807) is 6.07 Å². The normalized spacial score (nSPS) is 34.2. The number of amides is 2. The second-order valence-electron chi connectivity index (χ2n) is 6.87. The number of fused-ring (bicyclic) bond motifs is 2. The molecule has 3 fully saturated rings. The second kappa shape index (κ2) is 5.65. The zero-order chi connectivity index (χ0) is 16.9. The molecule has 0 aromatic heterocycles. The lowest BCUT2D eigenvalue weighted by Crippen LogP contribution is -2.47. The Kier molecular flexibility index (Phi) is 3.71. The highest BCUT2D eigenvalue weighted by Gasteiger charge is 2.46. The van der Waals surface area contributed by atoms with Crippen LogP contribution >= 0.6 is 0 Å². The molecule has 1 aliphatic carbocycles. The summed E-state index contributed by atoms with van der Waals surface area (Å²) in [6.07, 6.45) is -0.679. The number of hydrogen-bond donors (Lipinski definition) is 2. The lowest BCUT2D eigenvalue weighted by Gasteiger charge is -2.20. The van der Waals surface area contributed by atoms with Gasteiger partial charge in [-0.25, -0.2) is 4.79 Å². The first kappa shape index (κ1) is 15.7. The first-order valence-electron chi connectivity index (χ1n) is 8.30. The van der Waals surface area contributed by atoms with Gasteiger partial charge in [-0.3, -0.25) is 0 Å². The van der Waals surface area contributed by atoms with Gasteiger partial charge in [0.15, 0.2) is 0 Å². The van der Waals surface area contributed by atoms with Crippen molar-refractivity contribution in [3.05, 3.63) is 35.4 Å². The summed E-state index contributed by atoms with van der Waals surface area (Å²) in [6.45, 7) is 0. The number of carbonyl (C=O) groups is 1. The van der Waals surface area contributed by atoms with Gasteiger partial charge in [0, 0.05) is 12.0 Å². The van der Waals surface area contributed by atoms with Crippen LogP contribution in [0.2, 0.25) is 0 Å². The minimum atomic E-state index is -4.37. The van der Waals surface area contributed by atoms with Crippen LogP contribution in [-0.2, 0) is 10.9 Å². The van der Waals surface area contributed by atoms with Crippen LogP contribution in [-0.4, -0.2) is 30.3 Å². The molecule has 1 aromatic rings. The minimum Gasteiger partial charge on any atom is -0.373 e. The van der Waals surface area contributed by atoms with Gasteiger partial charge in [0.25, 0.3) is 0 Å². The van der Waals surface area contributed by atoms with Gasteiger partial charge >= 0.3 is 12.2 Å². The molecule has 5 atom stereocenters. The molecule has 2 amide bonds. The molecule has 2 heterocycles. The average Bonchev–Trinajstić information content (AvgIpc) is 2.96. The maximum absolute atomic E-state index is 13.1. The van der Waals surface area contributed by atoms with Crippen LogP contribution in [0.1, 0.15) is 42.7 Å². The smallest absolute Gasteiger partial charge is 0.373 e. The third-order valence-electron chi connectivity index (χ3n) is 5.20. The Morgan fingerprint density at radius 1 is 1.08 bits per heavy atom. The summed E-state index contributed by atoms with van der Waals surface area (Å²) in [4.78, 5) is 12.1. The molecule has 5 unspecified atom stereocenters. The van der Waals surface area contributed by atoms with Crippen molar-refractivity contribution in [2.75, 3.05) is 0 Å². The van der Waals surface area contributed by atoms with E-state index in [0.717, 1.165) is 25.3 Å². The molecule has 4 nitrogen and oxygen atoms in total. The summed E-state index contributed by atoms with van der Waals surface area (Å²) in [6, 6.07) is 5.05. The van der Waals surface area contributed by atoms with Gasteiger partial charge in [-0.15, -0.1) is 0 Å². The molecule has 4 rings (SSSR count). The van der Waals surface area contributed by atoms with E-state index >= 15 is 0 Å². The van der Waals surface area contributed by atoms with Crippen molar-refractivity contribution in [1.29, 1.82) is 0 Å². The molecule has 1 saturated carbocycles. The van der Waals surface area contributed by atoms with Crippen LogP contribution in [0.3, 0.4) is 0 Å². The Morgan fingerprint density at radius 3 is 2.50 bits per heavy atom. The summed E-state index contributed by atoms with van der Waals surface area (Å²) >= 11 is 0. The Bertz CT molecular complexity index is 649. The number of urea groups is 1. The summed E-state index contributed by atoms with van der Waals surface area (Å²) in [7, 11) is 0. The van der Waals surface area contributed by atoms with Crippen LogP contribution in [0.25, 0.3) is 0 Å². The number of nitrogens with one attached hydrogen (secondary N) is 2.